The molecule has 1 saturated heterocycles. The molecule has 2 rings (SSSR count). The number of anilines is 1. The Morgan fingerprint density at radius 1 is 1.27 bits per heavy atom. The van der Waals surface area contributed by atoms with Crippen molar-refractivity contribution in [3.8, 4) is 0 Å². The van der Waals surface area contributed by atoms with Gasteiger partial charge in [-0.15, -0.1) is 0 Å². The fourth-order valence-electron chi connectivity index (χ4n) is 1.78. The summed E-state index contributed by atoms with van der Waals surface area (Å²) in [7, 11) is 0. The fourth-order valence-corrected chi connectivity index (χ4v) is 1.78. The maximum Gasteiger partial charge on any atom is 0.354 e. The van der Waals surface area contributed by atoms with Gasteiger partial charge in [0.2, 0.25) is 5.95 Å². The molecule has 1 aliphatic rings. The summed E-state index contributed by atoms with van der Waals surface area (Å²) in [5, 5.41) is 14.8. The first-order chi connectivity index (χ1) is 12.0. The van der Waals surface area contributed by atoms with Crippen LogP contribution < -0.4 is 11.4 Å². The molecule has 0 saturated carbocycles. The van der Waals surface area contributed by atoms with Gasteiger partial charge in [-0.3, -0.25) is 19.0 Å². The van der Waals surface area contributed by atoms with E-state index in [1.54, 1.807) is 0 Å². The van der Waals surface area contributed by atoms with Crippen molar-refractivity contribution >= 4 is 23.9 Å². The Kier molecular flexibility index (Phi) is 10.2. The number of aliphatic carboxylic acids is 2. The number of hydrogen-bond donors (Lipinski definition) is 3. The lowest BCUT2D eigenvalue weighted by Crippen LogP contribution is -2.29. The van der Waals surface area contributed by atoms with E-state index in [1.165, 1.54) is 17.8 Å². The lowest BCUT2D eigenvalue weighted by atomic mass is 10.2. The van der Waals surface area contributed by atoms with Crippen LogP contribution in [0, 0.1) is 0 Å². The van der Waals surface area contributed by atoms with Gasteiger partial charge in [-0.05, 0) is 12.8 Å². The number of ether oxygens (including phenoxy) is 2. The minimum Gasteiger partial charge on any atom is -0.481 e. The molecule has 0 aliphatic carbocycles. The first-order valence-electron chi connectivity index (χ1n) is 7.41. The van der Waals surface area contributed by atoms with Gasteiger partial charge in [0.1, 0.15) is 19.2 Å². The molecule has 1 fully saturated rings. The van der Waals surface area contributed by atoms with Crippen molar-refractivity contribution in [1.82, 2.24) is 14.5 Å². The van der Waals surface area contributed by atoms with Crippen LogP contribution in [0.3, 0.4) is 0 Å². The fraction of sp³-hybridized carbons (Fsp3) is 0.571. The number of hydrogen-bond acceptors (Lipinski definition) is 9. The van der Waals surface area contributed by atoms with Crippen molar-refractivity contribution in [2.75, 3.05) is 12.3 Å². The number of carbonyl (C=O) groups is 3. The molecule has 146 valence electrons. The van der Waals surface area contributed by atoms with Crippen LogP contribution in [0.1, 0.15) is 39.8 Å². The zero-order valence-corrected chi connectivity index (χ0v) is 14.6. The van der Waals surface area contributed by atoms with Crippen LogP contribution >= 0.6 is 0 Å². The van der Waals surface area contributed by atoms with Crippen molar-refractivity contribution in [3.05, 3.63) is 16.8 Å². The van der Waals surface area contributed by atoms with Gasteiger partial charge in [0.25, 0.3) is 11.9 Å². The van der Waals surface area contributed by atoms with Crippen LogP contribution in [0.25, 0.3) is 0 Å². The molecule has 0 aromatic carbocycles. The van der Waals surface area contributed by atoms with Crippen molar-refractivity contribution < 1.29 is 34.1 Å². The summed E-state index contributed by atoms with van der Waals surface area (Å²) in [6.07, 6.45) is 2.01. The van der Waals surface area contributed by atoms with E-state index >= 15 is 0 Å². The number of nitrogen functional groups attached to an aromatic ring is 1. The Hall–Kier alpha value is -3.02. The monoisotopic (exact) mass is 374 g/mol. The van der Waals surface area contributed by atoms with Crippen LogP contribution in [0.15, 0.2) is 11.1 Å². The number of nitrogens with two attached hydrogens (primary N) is 1. The van der Waals surface area contributed by atoms with Gasteiger partial charge in [-0.1, -0.05) is 0 Å². The Balaban J connectivity index is 0.000000662. The Bertz CT molecular complexity index is 655. The lowest BCUT2D eigenvalue weighted by molar-refractivity contribution is -0.145. The largest absolute Gasteiger partial charge is 0.481 e. The van der Waals surface area contributed by atoms with Crippen molar-refractivity contribution in [3.63, 3.8) is 0 Å². The topological polar surface area (TPSA) is 184 Å². The number of carboxylic acids is 2. The molecule has 4 N–H and O–H groups in total. The van der Waals surface area contributed by atoms with Crippen LogP contribution in [-0.4, -0.2) is 55.4 Å². The van der Waals surface area contributed by atoms with E-state index in [1.807, 2.05) is 0 Å². The molecule has 0 bridgehead atoms. The SMILES string of the molecule is CC(=O)O.CC(=O)O.CC(=O)OCC1CCC(n2cnc(N)nc2=O)O1. The maximum absolute atomic E-state index is 11.6. The maximum atomic E-state index is 11.6. The third-order valence-corrected chi connectivity index (χ3v) is 2.61. The van der Waals surface area contributed by atoms with Gasteiger partial charge in [0.05, 0.1) is 6.10 Å². The van der Waals surface area contributed by atoms with Gasteiger partial charge in [-0.25, -0.2) is 9.78 Å². The lowest BCUT2D eigenvalue weighted by Gasteiger charge is -2.14. The first kappa shape index (κ1) is 23.0. The second-order valence-electron chi connectivity index (χ2n) is 5.04. The van der Waals surface area contributed by atoms with Gasteiger partial charge in [0.15, 0.2) is 0 Å². The number of rotatable bonds is 3. The predicted octanol–water partition coefficient (Wildman–Crippen LogP) is -0.357. The average molecular weight is 374 g/mol. The third kappa shape index (κ3) is 10.7. The normalized spacial score (nSPS) is 17.8. The average Bonchev–Trinajstić information content (AvgIpc) is 2.92. The summed E-state index contributed by atoms with van der Waals surface area (Å²) >= 11 is 0. The molecule has 0 amide bonds. The molecule has 0 spiro atoms. The number of esters is 1. The van der Waals surface area contributed by atoms with Crippen LogP contribution in [-0.2, 0) is 23.9 Å². The van der Waals surface area contributed by atoms with Gasteiger partial charge < -0.3 is 25.4 Å². The van der Waals surface area contributed by atoms with Gasteiger partial charge >= 0.3 is 11.7 Å². The zero-order valence-electron chi connectivity index (χ0n) is 14.6. The summed E-state index contributed by atoms with van der Waals surface area (Å²) in [6.45, 7) is 3.70. The molecular formula is C14H22N4O8. The summed E-state index contributed by atoms with van der Waals surface area (Å²) in [4.78, 5) is 47.5. The molecule has 0 radical (unpaired) electrons. The molecule has 26 heavy (non-hydrogen) atoms. The molecule has 12 heteroatoms. The van der Waals surface area contributed by atoms with E-state index in [-0.39, 0.29) is 24.6 Å². The highest BCUT2D eigenvalue weighted by atomic mass is 16.6. The standard InChI is InChI=1S/C10H14N4O4.2C2H4O2/c1-6(15)17-4-7-2-3-8(18-7)14-5-12-9(11)13-10(14)16;2*1-2(3)4/h5,7-8H,2-4H2,1H3,(H2,11,13,16);2*1H3,(H,3,4). The van der Waals surface area contributed by atoms with E-state index in [4.69, 9.17) is 35.0 Å². The van der Waals surface area contributed by atoms with Crippen molar-refractivity contribution in [1.29, 1.82) is 0 Å². The summed E-state index contributed by atoms with van der Waals surface area (Å²) in [5.41, 5.74) is 4.80. The predicted molar refractivity (Wildman–Crippen MR) is 87.1 cm³/mol. The highest BCUT2D eigenvalue weighted by Crippen LogP contribution is 2.26. The van der Waals surface area contributed by atoms with E-state index < -0.39 is 23.9 Å². The van der Waals surface area contributed by atoms with Crippen LogP contribution in [0.4, 0.5) is 5.95 Å². The third-order valence-electron chi connectivity index (χ3n) is 2.61. The zero-order chi connectivity index (χ0) is 20.3. The first-order valence-corrected chi connectivity index (χ1v) is 7.41. The molecule has 12 nitrogen and oxygen atoms in total. The van der Waals surface area contributed by atoms with Crippen LogP contribution in [0.5, 0.6) is 0 Å². The molecule has 1 aromatic heterocycles. The minimum atomic E-state index is -0.833. The summed E-state index contributed by atoms with van der Waals surface area (Å²) in [5.74, 6) is -2.08. The summed E-state index contributed by atoms with van der Waals surface area (Å²) in [6, 6.07) is 0. The molecule has 2 atom stereocenters. The number of carbonyl (C=O) groups excluding carboxylic acids is 1. The smallest absolute Gasteiger partial charge is 0.354 e. The van der Waals surface area contributed by atoms with Gasteiger partial charge in [0, 0.05) is 20.8 Å². The number of aromatic nitrogens is 3. The minimum absolute atomic E-state index is 0.0642. The Labute approximate surface area is 148 Å². The van der Waals surface area contributed by atoms with E-state index in [0.717, 1.165) is 13.8 Å². The van der Waals surface area contributed by atoms with E-state index in [0.29, 0.717) is 12.8 Å². The second-order valence-corrected chi connectivity index (χ2v) is 5.04. The summed E-state index contributed by atoms with van der Waals surface area (Å²) < 4.78 is 11.7. The van der Waals surface area contributed by atoms with Crippen molar-refractivity contribution in [2.45, 2.75) is 45.9 Å². The van der Waals surface area contributed by atoms with Crippen LogP contribution in [0.2, 0.25) is 0 Å². The van der Waals surface area contributed by atoms with Gasteiger partial charge in [-0.2, -0.15) is 4.98 Å². The molecule has 2 unspecified atom stereocenters. The molecule has 2 heterocycles. The molecule has 1 aliphatic heterocycles. The quantitative estimate of drug-likeness (QED) is 0.587. The Morgan fingerprint density at radius 2 is 1.81 bits per heavy atom. The number of carboxylic acid groups (broad SMARTS) is 2. The van der Waals surface area contributed by atoms with Crippen molar-refractivity contribution in [2.24, 2.45) is 0 Å². The van der Waals surface area contributed by atoms with E-state index in [9.17, 15) is 9.59 Å². The van der Waals surface area contributed by atoms with E-state index in [2.05, 4.69) is 9.97 Å². The Morgan fingerprint density at radius 3 is 2.27 bits per heavy atom. The number of nitrogens with zero attached hydrogens (tertiary/aromatic N) is 3. The molecular weight excluding hydrogens is 352 g/mol. The highest BCUT2D eigenvalue weighted by Gasteiger charge is 2.28. The molecule has 1 aromatic rings. The highest BCUT2D eigenvalue weighted by molar-refractivity contribution is 5.65. The second kappa shape index (κ2) is 11.5.